The lowest BCUT2D eigenvalue weighted by Gasteiger charge is -2.27. The molecule has 4 nitrogen and oxygen atoms in total. The molecular weight excluding hydrogens is 286 g/mol. The molecule has 1 N–H and O–H groups in total. The highest BCUT2D eigenvalue weighted by atomic mass is 35.5. The molecule has 3 rings (SSSR count). The molecule has 0 radical (unpaired) electrons. The van der Waals surface area contributed by atoms with E-state index in [0.29, 0.717) is 19.1 Å². The van der Waals surface area contributed by atoms with Crippen LogP contribution in [0.3, 0.4) is 0 Å². The van der Waals surface area contributed by atoms with Crippen LogP contribution in [0.25, 0.3) is 0 Å². The normalized spacial score (nSPS) is 20.8. The molecule has 0 bridgehead atoms. The summed E-state index contributed by atoms with van der Waals surface area (Å²) in [5.41, 5.74) is 1.24. The Morgan fingerprint density at radius 3 is 3.00 bits per heavy atom. The molecule has 0 saturated carbocycles. The summed E-state index contributed by atoms with van der Waals surface area (Å²) < 4.78 is 1.77. The maximum atomic E-state index is 10.3. The smallest absolute Gasteiger partial charge is 0.0862 e. The second-order valence-corrected chi connectivity index (χ2v) is 6.03. The molecule has 1 aromatic carbocycles. The monoisotopic (exact) mass is 305 g/mol. The first-order valence-electron chi connectivity index (χ1n) is 7.37. The summed E-state index contributed by atoms with van der Waals surface area (Å²) in [7, 11) is 0. The van der Waals surface area contributed by atoms with Crippen molar-refractivity contribution in [3.8, 4) is 0 Å². The van der Waals surface area contributed by atoms with Crippen LogP contribution in [0.1, 0.15) is 24.4 Å². The van der Waals surface area contributed by atoms with Crippen LogP contribution in [0.15, 0.2) is 42.7 Å². The highest BCUT2D eigenvalue weighted by Crippen LogP contribution is 2.32. The molecule has 112 valence electrons. The third kappa shape index (κ3) is 3.64. The number of aliphatic hydroxyl groups is 1. The number of likely N-dealkylation sites (tertiary alicyclic amines) is 1. The van der Waals surface area contributed by atoms with Crippen molar-refractivity contribution in [2.45, 2.75) is 31.5 Å². The number of β-amino-alcohol motifs (C(OH)–C–C–N with tert-alkyl or cyclic N) is 1. The minimum absolute atomic E-state index is 0.357. The fourth-order valence-corrected chi connectivity index (χ4v) is 3.29. The summed E-state index contributed by atoms with van der Waals surface area (Å²) in [6.45, 7) is 2.22. The largest absolute Gasteiger partial charge is 0.390 e. The number of hydrogen-bond acceptors (Lipinski definition) is 3. The van der Waals surface area contributed by atoms with Gasteiger partial charge in [-0.25, -0.2) is 0 Å². The Morgan fingerprint density at radius 2 is 2.24 bits per heavy atom. The van der Waals surface area contributed by atoms with Gasteiger partial charge >= 0.3 is 0 Å². The Bertz CT molecular complexity index is 573. The summed E-state index contributed by atoms with van der Waals surface area (Å²) in [6.07, 6.45) is 5.48. The van der Waals surface area contributed by atoms with E-state index in [2.05, 4.69) is 16.1 Å². The molecule has 1 saturated heterocycles. The van der Waals surface area contributed by atoms with Gasteiger partial charge in [-0.3, -0.25) is 9.58 Å². The van der Waals surface area contributed by atoms with E-state index in [1.807, 2.05) is 30.5 Å². The van der Waals surface area contributed by atoms with Gasteiger partial charge in [0.05, 0.1) is 12.6 Å². The van der Waals surface area contributed by atoms with Crippen LogP contribution in [-0.4, -0.2) is 39.0 Å². The van der Waals surface area contributed by atoms with Gasteiger partial charge < -0.3 is 5.11 Å². The fourth-order valence-electron chi connectivity index (χ4n) is 3.09. The first-order chi connectivity index (χ1) is 10.2. The Kier molecular flexibility index (Phi) is 4.58. The van der Waals surface area contributed by atoms with Crippen LogP contribution < -0.4 is 0 Å². The average Bonchev–Trinajstić information content (AvgIpc) is 3.10. The van der Waals surface area contributed by atoms with E-state index in [-0.39, 0.29) is 0 Å². The third-order valence-electron chi connectivity index (χ3n) is 4.00. The molecule has 2 aromatic rings. The number of hydrogen-bond donors (Lipinski definition) is 1. The number of aromatic nitrogens is 2. The van der Waals surface area contributed by atoms with Gasteiger partial charge in [-0.15, -0.1) is 0 Å². The molecule has 0 aliphatic carbocycles. The second-order valence-electron chi connectivity index (χ2n) is 5.59. The van der Waals surface area contributed by atoms with Crippen molar-refractivity contribution in [1.29, 1.82) is 0 Å². The maximum Gasteiger partial charge on any atom is 0.0862 e. The lowest BCUT2D eigenvalue weighted by Crippen LogP contribution is -2.34. The summed E-state index contributed by atoms with van der Waals surface area (Å²) in [4.78, 5) is 2.35. The number of benzene rings is 1. The Balaban J connectivity index is 1.64. The third-order valence-corrected chi connectivity index (χ3v) is 4.23. The van der Waals surface area contributed by atoms with E-state index in [1.54, 1.807) is 10.9 Å². The van der Waals surface area contributed by atoms with E-state index in [9.17, 15) is 5.11 Å². The van der Waals surface area contributed by atoms with Gasteiger partial charge in [-0.05, 0) is 43.1 Å². The van der Waals surface area contributed by atoms with Crippen LogP contribution in [0, 0.1) is 0 Å². The molecule has 21 heavy (non-hydrogen) atoms. The zero-order valence-corrected chi connectivity index (χ0v) is 12.7. The van der Waals surface area contributed by atoms with Gasteiger partial charge in [0.2, 0.25) is 0 Å². The van der Waals surface area contributed by atoms with E-state index in [4.69, 9.17) is 11.6 Å². The van der Waals surface area contributed by atoms with E-state index >= 15 is 0 Å². The Hall–Kier alpha value is -1.36. The number of rotatable bonds is 5. The van der Waals surface area contributed by atoms with Crippen molar-refractivity contribution >= 4 is 11.6 Å². The van der Waals surface area contributed by atoms with Gasteiger partial charge in [0.25, 0.3) is 0 Å². The molecule has 0 unspecified atom stereocenters. The number of halogens is 1. The quantitative estimate of drug-likeness (QED) is 0.923. The minimum atomic E-state index is -0.412. The molecule has 1 aliphatic rings. The van der Waals surface area contributed by atoms with Crippen molar-refractivity contribution in [1.82, 2.24) is 14.7 Å². The van der Waals surface area contributed by atoms with Gasteiger partial charge in [0, 0.05) is 30.0 Å². The Morgan fingerprint density at radius 1 is 1.33 bits per heavy atom. The van der Waals surface area contributed by atoms with Crippen molar-refractivity contribution in [2.24, 2.45) is 0 Å². The minimum Gasteiger partial charge on any atom is -0.390 e. The topological polar surface area (TPSA) is 41.3 Å². The average molecular weight is 306 g/mol. The summed E-state index contributed by atoms with van der Waals surface area (Å²) >= 11 is 6.09. The van der Waals surface area contributed by atoms with Crippen LogP contribution in [-0.2, 0) is 6.54 Å². The van der Waals surface area contributed by atoms with E-state index < -0.39 is 6.10 Å². The van der Waals surface area contributed by atoms with Gasteiger partial charge in [-0.2, -0.15) is 5.10 Å². The molecule has 1 aliphatic heterocycles. The summed E-state index contributed by atoms with van der Waals surface area (Å²) in [5.74, 6) is 0. The molecule has 1 aromatic heterocycles. The van der Waals surface area contributed by atoms with E-state index in [1.165, 1.54) is 5.56 Å². The molecule has 0 amide bonds. The molecular formula is C16H20ClN3O. The second kappa shape index (κ2) is 6.60. The predicted molar refractivity (Wildman–Crippen MR) is 83.2 cm³/mol. The lowest BCUT2D eigenvalue weighted by atomic mass is 10.0. The number of aliphatic hydroxyl groups excluding tert-OH is 1. The molecule has 0 spiro atoms. The molecule has 2 heterocycles. The highest BCUT2D eigenvalue weighted by molar-refractivity contribution is 6.30. The van der Waals surface area contributed by atoms with Crippen LogP contribution in [0.2, 0.25) is 5.02 Å². The van der Waals surface area contributed by atoms with Crippen molar-refractivity contribution < 1.29 is 5.11 Å². The van der Waals surface area contributed by atoms with Crippen molar-refractivity contribution in [3.05, 3.63) is 53.3 Å². The molecule has 1 fully saturated rings. The highest BCUT2D eigenvalue weighted by Gasteiger charge is 2.27. The van der Waals surface area contributed by atoms with Crippen molar-refractivity contribution in [3.63, 3.8) is 0 Å². The van der Waals surface area contributed by atoms with E-state index in [0.717, 1.165) is 24.4 Å². The van der Waals surface area contributed by atoms with Crippen LogP contribution >= 0.6 is 11.6 Å². The molecule has 5 heteroatoms. The summed E-state index contributed by atoms with van der Waals surface area (Å²) in [5, 5.41) is 15.2. The first kappa shape index (κ1) is 14.6. The summed E-state index contributed by atoms with van der Waals surface area (Å²) in [6, 6.07) is 10.3. The SMILES string of the molecule is O[C@H](CN1CCC[C@@H]1c1cccc(Cl)c1)Cn1cccn1. The van der Waals surface area contributed by atoms with Gasteiger partial charge in [0.1, 0.15) is 0 Å². The number of nitrogens with zero attached hydrogens (tertiary/aromatic N) is 3. The lowest BCUT2D eigenvalue weighted by molar-refractivity contribution is 0.0891. The van der Waals surface area contributed by atoms with Gasteiger partial charge in [0.15, 0.2) is 0 Å². The molecule has 2 atom stereocenters. The first-order valence-corrected chi connectivity index (χ1v) is 7.75. The van der Waals surface area contributed by atoms with Crippen molar-refractivity contribution in [2.75, 3.05) is 13.1 Å². The standard InChI is InChI=1S/C16H20ClN3O/c17-14-5-1-4-13(10-14)16-6-2-8-19(16)11-15(21)12-20-9-3-7-18-20/h1,3-5,7,9-10,15-16,21H,2,6,8,11-12H2/t15-,16-/m1/s1. The van der Waals surface area contributed by atoms with Crippen LogP contribution in [0.5, 0.6) is 0 Å². The zero-order valence-electron chi connectivity index (χ0n) is 11.9. The fraction of sp³-hybridized carbons (Fsp3) is 0.438. The van der Waals surface area contributed by atoms with Gasteiger partial charge in [-0.1, -0.05) is 23.7 Å². The predicted octanol–water partition coefficient (Wildman–Crippen LogP) is 2.73. The maximum absolute atomic E-state index is 10.3. The van der Waals surface area contributed by atoms with Crippen LogP contribution in [0.4, 0.5) is 0 Å². The Labute approximate surface area is 130 Å². The zero-order chi connectivity index (χ0) is 14.7.